The molecule has 1 aliphatic heterocycles. The lowest BCUT2D eigenvalue weighted by molar-refractivity contribution is 0.118. The maximum Gasteiger partial charge on any atom is 0.119 e. The van der Waals surface area contributed by atoms with E-state index in [-0.39, 0.29) is 12.0 Å². The summed E-state index contributed by atoms with van der Waals surface area (Å²) in [6, 6.07) is 18.7. The molecule has 3 rings (SSSR count). The zero-order valence-corrected chi connectivity index (χ0v) is 13.4. The summed E-state index contributed by atoms with van der Waals surface area (Å²) in [4.78, 5) is 0. The molecule has 0 saturated carbocycles. The maximum absolute atomic E-state index is 10.1. The van der Waals surface area contributed by atoms with Crippen LogP contribution in [0.1, 0.15) is 29.9 Å². The van der Waals surface area contributed by atoms with Crippen molar-refractivity contribution in [2.75, 3.05) is 19.7 Å². The number of ether oxygens (including phenoxy) is 1. The zero-order valence-electron chi connectivity index (χ0n) is 13.4. The van der Waals surface area contributed by atoms with Crippen LogP contribution in [0.5, 0.6) is 5.75 Å². The van der Waals surface area contributed by atoms with Crippen LogP contribution < -0.4 is 10.1 Å². The Labute approximate surface area is 138 Å². The van der Waals surface area contributed by atoms with Crippen molar-refractivity contribution in [1.82, 2.24) is 5.32 Å². The van der Waals surface area contributed by atoms with Gasteiger partial charge in [0.15, 0.2) is 0 Å². The van der Waals surface area contributed by atoms with Crippen molar-refractivity contribution in [3.05, 3.63) is 65.7 Å². The van der Waals surface area contributed by atoms with Gasteiger partial charge >= 0.3 is 0 Å². The van der Waals surface area contributed by atoms with Gasteiger partial charge in [-0.25, -0.2) is 0 Å². The number of aliphatic hydroxyl groups is 1. The molecule has 0 aliphatic carbocycles. The molecule has 122 valence electrons. The summed E-state index contributed by atoms with van der Waals surface area (Å²) in [7, 11) is 0. The second-order valence-electron chi connectivity index (χ2n) is 6.17. The van der Waals surface area contributed by atoms with E-state index in [1.54, 1.807) is 0 Å². The predicted molar refractivity (Wildman–Crippen MR) is 92.9 cm³/mol. The third-order valence-electron chi connectivity index (χ3n) is 4.48. The first kappa shape index (κ1) is 16.0. The van der Waals surface area contributed by atoms with Gasteiger partial charge in [-0.15, -0.1) is 0 Å². The van der Waals surface area contributed by atoms with E-state index in [9.17, 15) is 5.11 Å². The third-order valence-corrected chi connectivity index (χ3v) is 4.48. The lowest BCUT2D eigenvalue weighted by Crippen LogP contribution is -2.39. The summed E-state index contributed by atoms with van der Waals surface area (Å²) >= 11 is 0. The smallest absolute Gasteiger partial charge is 0.119 e. The van der Waals surface area contributed by atoms with Crippen molar-refractivity contribution in [3.63, 3.8) is 0 Å². The van der Waals surface area contributed by atoms with Crippen LogP contribution in [0, 0.1) is 0 Å². The number of nitrogens with one attached hydrogen (secondary N) is 1. The highest BCUT2D eigenvalue weighted by atomic mass is 16.5. The number of hydrogen-bond acceptors (Lipinski definition) is 3. The second kappa shape index (κ2) is 8.14. The number of rotatable bonds is 6. The van der Waals surface area contributed by atoms with Crippen molar-refractivity contribution in [1.29, 1.82) is 0 Å². The van der Waals surface area contributed by atoms with Gasteiger partial charge in [0, 0.05) is 12.5 Å². The van der Waals surface area contributed by atoms with Gasteiger partial charge < -0.3 is 15.2 Å². The Morgan fingerprint density at radius 1 is 1.04 bits per heavy atom. The number of hydrogen-bond donors (Lipinski definition) is 2. The third kappa shape index (κ3) is 4.57. The van der Waals surface area contributed by atoms with Crippen molar-refractivity contribution in [3.8, 4) is 5.75 Å². The van der Waals surface area contributed by atoms with Crippen LogP contribution in [-0.4, -0.2) is 30.9 Å². The molecule has 2 aromatic rings. The van der Waals surface area contributed by atoms with Crippen molar-refractivity contribution in [2.24, 2.45) is 0 Å². The first-order chi connectivity index (χ1) is 11.3. The molecule has 2 unspecified atom stereocenters. The molecule has 1 saturated heterocycles. The summed E-state index contributed by atoms with van der Waals surface area (Å²) in [5.74, 6) is 1.15. The Morgan fingerprint density at radius 3 is 2.57 bits per heavy atom. The maximum atomic E-state index is 10.1. The minimum Gasteiger partial charge on any atom is -0.494 e. The lowest BCUT2D eigenvalue weighted by atomic mass is 9.88. The van der Waals surface area contributed by atoms with Crippen LogP contribution in [0.25, 0.3) is 0 Å². The second-order valence-corrected chi connectivity index (χ2v) is 6.17. The number of β-amino-alcohol motifs (C(OH)–C–C–N with tert-alkyl or cyclic N) is 1. The summed E-state index contributed by atoms with van der Waals surface area (Å²) in [5.41, 5.74) is 2.56. The number of aryl methyl sites for hydroxylation is 1. The van der Waals surface area contributed by atoms with Gasteiger partial charge in [0.2, 0.25) is 0 Å². The van der Waals surface area contributed by atoms with Crippen LogP contribution in [0.4, 0.5) is 0 Å². The Balaban J connectivity index is 1.46. The fourth-order valence-corrected chi connectivity index (χ4v) is 3.15. The molecule has 23 heavy (non-hydrogen) atoms. The zero-order chi connectivity index (χ0) is 15.9. The summed E-state index contributed by atoms with van der Waals surface area (Å²) in [6.07, 6.45) is 2.75. The molecule has 2 aromatic carbocycles. The van der Waals surface area contributed by atoms with Gasteiger partial charge in [-0.05, 0) is 49.1 Å². The Morgan fingerprint density at radius 2 is 1.83 bits per heavy atom. The molecule has 0 radical (unpaired) electrons. The fraction of sp³-hybridized carbons (Fsp3) is 0.400. The van der Waals surface area contributed by atoms with Crippen molar-refractivity contribution in [2.45, 2.75) is 31.3 Å². The molecule has 1 fully saturated rings. The summed E-state index contributed by atoms with van der Waals surface area (Å²) < 4.78 is 5.82. The number of piperidine rings is 1. The van der Waals surface area contributed by atoms with E-state index in [0.29, 0.717) is 6.54 Å². The molecule has 0 spiro atoms. The van der Waals surface area contributed by atoms with Gasteiger partial charge in [-0.2, -0.15) is 0 Å². The van der Waals surface area contributed by atoms with Crippen molar-refractivity contribution >= 4 is 0 Å². The largest absolute Gasteiger partial charge is 0.494 e. The van der Waals surface area contributed by atoms with E-state index >= 15 is 0 Å². The van der Waals surface area contributed by atoms with E-state index in [1.165, 1.54) is 11.1 Å². The molecule has 2 N–H and O–H groups in total. The van der Waals surface area contributed by atoms with Crippen molar-refractivity contribution < 1.29 is 9.84 Å². The average Bonchev–Trinajstić information content (AvgIpc) is 2.61. The standard InChI is InChI=1S/C20H25NO2/c22-20-15-21-13-12-19(20)17-8-10-18(11-9-17)23-14-4-7-16-5-2-1-3-6-16/h1-3,5-6,8-11,19-22H,4,7,12-15H2. The average molecular weight is 311 g/mol. The number of aliphatic hydroxyl groups excluding tert-OH is 1. The van der Waals surface area contributed by atoms with Crippen LogP contribution >= 0.6 is 0 Å². The minimum atomic E-state index is -0.290. The Bertz CT molecular complexity index is 582. The van der Waals surface area contributed by atoms with Gasteiger partial charge in [0.1, 0.15) is 5.75 Å². The predicted octanol–water partition coefficient (Wildman–Crippen LogP) is 3.14. The quantitative estimate of drug-likeness (QED) is 0.805. The normalized spacial score (nSPS) is 21.1. The topological polar surface area (TPSA) is 41.5 Å². The fourth-order valence-electron chi connectivity index (χ4n) is 3.15. The van der Waals surface area contributed by atoms with Crippen LogP contribution in [0.2, 0.25) is 0 Å². The first-order valence-corrected chi connectivity index (χ1v) is 8.48. The molecule has 0 bridgehead atoms. The highest BCUT2D eigenvalue weighted by molar-refractivity contribution is 5.30. The molecular formula is C20H25NO2. The van der Waals surface area contributed by atoms with E-state index in [1.807, 2.05) is 18.2 Å². The summed E-state index contributed by atoms with van der Waals surface area (Å²) in [5, 5.41) is 13.3. The number of benzene rings is 2. The molecule has 1 heterocycles. The van der Waals surface area contributed by atoms with E-state index in [4.69, 9.17) is 4.74 Å². The first-order valence-electron chi connectivity index (χ1n) is 8.48. The molecule has 3 heteroatoms. The van der Waals surface area contributed by atoms with E-state index < -0.39 is 0 Å². The van der Waals surface area contributed by atoms with E-state index in [0.717, 1.165) is 38.2 Å². The molecule has 2 atom stereocenters. The van der Waals surface area contributed by atoms with Gasteiger partial charge in [-0.3, -0.25) is 0 Å². The Hall–Kier alpha value is -1.84. The highest BCUT2D eigenvalue weighted by Crippen LogP contribution is 2.27. The molecule has 0 amide bonds. The minimum absolute atomic E-state index is 0.239. The van der Waals surface area contributed by atoms with Gasteiger partial charge in [0.25, 0.3) is 0 Å². The molecule has 3 nitrogen and oxygen atoms in total. The monoisotopic (exact) mass is 311 g/mol. The molecule has 0 aromatic heterocycles. The molecule has 1 aliphatic rings. The lowest BCUT2D eigenvalue weighted by Gasteiger charge is -2.28. The molecular weight excluding hydrogens is 286 g/mol. The van der Waals surface area contributed by atoms with Crippen LogP contribution in [-0.2, 0) is 6.42 Å². The SMILES string of the molecule is OC1CNCCC1c1ccc(OCCCc2ccccc2)cc1. The summed E-state index contributed by atoms with van der Waals surface area (Å²) in [6.45, 7) is 2.38. The van der Waals surface area contributed by atoms with Gasteiger partial charge in [-0.1, -0.05) is 42.5 Å². The van der Waals surface area contributed by atoms with Gasteiger partial charge in [0.05, 0.1) is 12.7 Å². The highest BCUT2D eigenvalue weighted by Gasteiger charge is 2.24. The Kier molecular flexibility index (Phi) is 5.67. The van der Waals surface area contributed by atoms with Crippen LogP contribution in [0.15, 0.2) is 54.6 Å². The van der Waals surface area contributed by atoms with Crippen LogP contribution in [0.3, 0.4) is 0 Å². The van der Waals surface area contributed by atoms with E-state index in [2.05, 4.69) is 41.7 Å².